The van der Waals surface area contributed by atoms with Gasteiger partial charge in [-0.2, -0.15) is 0 Å². The minimum absolute atomic E-state index is 0.0947. The minimum Gasteiger partial charge on any atom is -0.478 e. The first-order valence-corrected chi connectivity index (χ1v) is 8.94. The Kier molecular flexibility index (Phi) is 4.50. The molecule has 0 radical (unpaired) electrons. The van der Waals surface area contributed by atoms with E-state index in [9.17, 15) is 9.59 Å². The van der Waals surface area contributed by atoms with E-state index in [0.717, 1.165) is 42.9 Å². The number of hydrogen-bond acceptors (Lipinski definition) is 4. The number of rotatable bonds is 4. The Morgan fingerprint density at radius 2 is 1.70 bits per heavy atom. The van der Waals surface area contributed by atoms with Crippen LogP contribution in [0.1, 0.15) is 33.6 Å². The normalized spacial score (nSPS) is 15.0. The van der Waals surface area contributed by atoms with Crippen LogP contribution in [0.3, 0.4) is 0 Å². The molecule has 1 fully saturated rings. The third-order valence-corrected chi connectivity index (χ3v) is 4.90. The fourth-order valence-corrected chi connectivity index (χ4v) is 3.36. The van der Waals surface area contributed by atoms with Crippen LogP contribution in [0.4, 0.5) is 5.95 Å². The lowest BCUT2D eigenvalue weighted by Gasteiger charge is -2.32. The number of aromatic nitrogens is 2. The zero-order chi connectivity index (χ0) is 18.8. The molecule has 1 aromatic heterocycles. The first-order chi connectivity index (χ1) is 13.1. The summed E-state index contributed by atoms with van der Waals surface area (Å²) in [6, 6.07) is 14.0. The molecule has 0 atom stereocenters. The quantitative estimate of drug-likeness (QED) is 0.661. The summed E-state index contributed by atoms with van der Waals surface area (Å²) < 4.78 is 0. The van der Waals surface area contributed by atoms with Gasteiger partial charge in [0.05, 0.1) is 16.6 Å². The highest BCUT2D eigenvalue weighted by atomic mass is 16.4. The van der Waals surface area contributed by atoms with Crippen molar-refractivity contribution in [1.29, 1.82) is 0 Å². The van der Waals surface area contributed by atoms with E-state index >= 15 is 0 Å². The second kappa shape index (κ2) is 7.11. The smallest absolute Gasteiger partial charge is 0.335 e. The van der Waals surface area contributed by atoms with Crippen molar-refractivity contribution in [3.63, 3.8) is 0 Å². The second-order valence-corrected chi connectivity index (χ2v) is 6.69. The van der Waals surface area contributed by atoms with Gasteiger partial charge in [-0.15, -0.1) is 0 Å². The average Bonchev–Trinajstić information content (AvgIpc) is 3.13. The van der Waals surface area contributed by atoms with E-state index in [4.69, 9.17) is 5.11 Å². The Hall–Kier alpha value is -3.35. The first-order valence-electron chi connectivity index (χ1n) is 8.94. The summed E-state index contributed by atoms with van der Waals surface area (Å²) in [7, 11) is 0. The highest BCUT2D eigenvalue weighted by molar-refractivity contribution is 5.96. The molecular weight excluding hydrogens is 344 g/mol. The fraction of sp³-hybridized carbons (Fsp3) is 0.250. The molecule has 27 heavy (non-hydrogen) atoms. The number of para-hydroxylation sites is 2. The summed E-state index contributed by atoms with van der Waals surface area (Å²) in [6.07, 6.45) is 1.66. The van der Waals surface area contributed by atoms with Gasteiger partial charge in [0.25, 0.3) is 5.91 Å². The van der Waals surface area contributed by atoms with Crippen LogP contribution in [0.15, 0.2) is 48.5 Å². The number of hydrogen-bond donors (Lipinski definition) is 3. The number of carboxylic acid groups (broad SMARTS) is 1. The summed E-state index contributed by atoms with van der Waals surface area (Å²) in [4.78, 5) is 33.4. The number of imidazole rings is 1. The SMILES string of the molecule is O=C(O)c1ccc(C(=O)NC2CCN(c3nc4ccccc4[nH]3)CC2)cc1. The molecule has 0 aliphatic carbocycles. The van der Waals surface area contributed by atoms with Crippen LogP contribution in [0, 0.1) is 0 Å². The van der Waals surface area contributed by atoms with Crippen molar-refractivity contribution in [2.75, 3.05) is 18.0 Å². The van der Waals surface area contributed by atoms with E-state index < -0.39 is 5.97 Å². The number of amides is 1. The van der Waals surface area contributed by atoms with Crippen LogP contribution in [0.5, 0.6) is 0 Å². The fourth-order valence-electron chi connectivity index (χ4n) is 3.36. The van der Waals surface area contributed by atoms with Gasteiger partial charge in [0.15, 0.2) is 0 Å². The molecule has 7 nitrogen and oxygen atoms in total. The minimum atomic E-state index is -1.00. The topological polar surface area (TPSA) is 98.3 Å². The molecule has 3 N–H and O–H groups in total. The number of carbonyl (C=O) groups is 2. The number of carboxylic acids is 1. The maximum atomic E-state index is 12.4. The number of benzene rings is 2. The Labute approximate surface area is 156 Å². The number of nitrogens with zero attached hydrogens (tertiary/aromatic N) is 2. The van der Waals surface area contributed by atoms with E-state index in [1.165, 1.54) is 12.1 Å². The van der Waals surface area contributed by atoms with E-state index in [2.05, 4.69) is 20.2 Å². The van der Waals surface area contributed by atoms with E-state index in [0.29, 0.717) is 5.56 Å². The summed E-state index contributed by atoms with van der Waals surface area (Å²) in [5, 5.41) is 12.0. The van der Waals surface area contributed by atoms with Crippen molar-refractivity contribution in [2.45, 2.75) is 18.9 Å². The zero-order valence-electron chi connectivity index (χ0n) is 14.7. The maximum absolute atomic E-state index is 12.4. The van der Waals surface area contributed by atoms with Crippen LogP contribution in [0.25, 0.3) is 11.0 Å². The molecule has 1 aliphatic rings. The monoisotopic (exact) mass is 364 g/mol. The third-order valence-electron chi connectivity index (χ3n) is 4.90. The molecule has 2 aromatic carbocycles. The maximum Gasteiger partial charge on any atom is 0.335 e. The Morgan fingerprint density at radius 3 is 2.37 bits per heavy atom. The molecule has 1 aliphatic heterocycles. The molecule has 0 saturated carbocycles. The van der Waals surface area contributed by atoms with Crippen LogP contribution < -0.4 is 10.2 Å². The van der Waals surface area contributed by atoms with Gasteiger partial charge < -0.3 is 20.3 Å². The number of nitrogens with one attached hydrogen (secondary N) is 2. The predicted octanol–water partition coefficient (Wildman–Crippen LogP) is 2.66. The van der Waals surface area contributed by atoms with Crippen molar-refractivity contribution in [2.24, 2.45) is 0 Å². The van der Waals surface area contributed by atoms with Crippen molar-refractivity contribution in [3.05, 3.63) is 59.7 Å². The van der Waals surface area contributed by atoms with Gasteiger partial charge in [-0.3, -0.25) is 4.79 Å². The number of aromatic carboxylic acids is 1. The van der Waals surface area contributed by atoms with Gasteiger partial charge in [-0.1, -0.05) is 12.1 Å². The molecule has 4 rings (SSSR count). The van der Waals surface area contributed by atoms with Gasteiger partial charge in [-0.05, 0) is 49.2 Å². The number of anilines is 1. The number of fused-ring (bicyclic) bond motifs is 1. The molecule has 1 saturated heterocycles. The standard InChI is InChI=1S/C20H20N4O3/c25-18(13-5-7-14(8-6-13)19(26)27)21-15-9-11-24(12-10-15)20-22-16-3-1-2-4-17(16)23-20/h1-8,15H,9-12H2,(H,21,25)(H,22,23)(H,26,27). The summed E-state index contributed by atoms with van der Waals surface area (Å²) in [6.45, 7) is 1.62. The van der Waals surface area contributed by atoms with E-state index in [1.54, 1.807) is 12.1 Å². The molecule has 1 amide bonds. The summed E-state index contributed by atoms with van der Waals surface area (Å²) >= 11 is 0. The molecular formula is C20H20N4O3. The Morgan fingerprint density at radius 1 is 1.04 bits per heavy atom. The van der Waals surface area contributed by atoms with Gasteiger partial charge >= 0.3 is 5.97 Å². The molecule has 2 heterocycles. The largest absolute Gasteiger partial charge is 0.478 e. The van der Waals surface area contributed by atoms with Gasteiger partial charge in [0.2, 0.25) is 5.95 Å². The highest BCUT2D eigenvalue weighted by Gasteiger charge is 2.23. The number of aromatic amines is 1. The van der Waals surface area contributed by atoms with Crippen LogP contribution in [-0.4, -0.2) is 46.1 Å². The number of H-pyrrole nitrogens is 1. The van der Waals surface area contributed by atoms with Crippen LogP contribution in [-0.2, 0) is 0 Å². The predicted molar refractivity (Wildman–Crippen MR) is 102 cm³/mol. The van der Waals surface area contributed by atoms with Gasteiger partial charge in [0, 0.05) is 24.7 Å². The molecule has 138 valence electrons. The lowest BCUT2D eigenvalue weighted by atomic mass is 10.0. The molecule has 0 bridgehead atoms. The molecule has 3 aromatic rings. The van der Waals surface area contributed by atoms with Crippen molar-refractivity contribution in [3.8, 4) is 0 Å². The molecule has 0 unspecified atom stereocenters. The third kappa shape index (κ3) is 3.62. The van der Waals surface area contributed by atoms with Crippen LogP contribution >= 0.6 is 0 Å². The molecule has 0 spiro atoms. The molecule has 7 heteroatoms. The van der Waals surface area contributed by atoms with Crippen LogP contribution in [0.2, 0.25) is 0 Å². The zero-order valence-corrected chi connectivity index (χ0v) is 14.7. The summed E-state index contributed by atoms with van der Waals surface area (Å²) in [5.74, 6) is -0.306. The Balaban J connectivity index is 1.34. The first kappa shape index (κ1) is 17.1. The second-order valence-electron chi connectivity index (χ2n) is 6.69. The van der Waals surface area contributed by atoms with Gasteiger partial charge in [0.1, 0.15) is 0 Å². The van der Waals surface area contributed by atoms with E-state index in [-0.39, 0.29) is 17.5 Å². The van der Waals surface area contributed by atoms with Crippen molar-refractivity contribution < 1.29 is 14.7 Å². The lowest BCUT2D eigenvalue weighted by molar-refractivity contribution is 0.0696. The number of piperidine rings is 1. The Bertz CT molecular complexity index is 939. The average molecular weight is 364 g/mol. The highest BCUT2D eigenvalue weighted by Crippen LogP contribution is 2.21. The lowest BCUT2D eigenvalue weighted by Crippen LogP contribution is -2.45. The van der Waals surface area contributed by atoms with Gasteiger partial charge in [-0.25, -0.2) is 9.78 Å². The summed E-state index contributed by atoms with van der Waals surface area (Å²) in [5.41, 5.74) is 2.62. The number of carbonyl (C=O) groups excluding carboxylic acids is 1. The van der Waals surface area contributed by atoms with Crippen molar-refractivity contribution >= 4 is 28.9 Å². The van der Waals surface area contributed by atoms with Crippen molar-refractivity contribution in [1.82, 2.24) is 15.3 Å². The van der Waals surface area contributed by atoms with E-state index in [1.807, 2.05) is 24.3 Å².